The van der Waals surface area contributed by atoms with E-state index in [2.05, 4.69) is 0 Å². The van der Waals surface area contributed by atoms with Gasteiger partial charge in [0.1, 0.15) is 11.8 Å². The second-order valence-electron chi connectivity index (χ2n) is 5.89. The van der Waals surface area contributed by atoms with Crippen molar-refractivity contribution >= 4 is 28.5 Å². The van der Waals surface area contributed by atoms with Crippen LogP contribution in [0.25, 0.3) is 16.6 Å². The Bertz CT molecular complexity index is 1150. The van der Waals surface area contributed by atoms with Gasteiger partial charge in [0.05, 0.1) is 23.7 Å². The quantitative estimate of drug-likeness (QED) is 0.725. The third-order valence-corrected chi connectivity index (χ3v) is 4.59. The summed E-state index contributed by atoms with van der Waals surface area (Å²) in [6, 6.07) is 9.83. The fraction of sp³-hybridized carbons (Fsp3) is 0.211. The molecule has 1 N–H and O–H groups in total. The Morgan fingerprint density at radius 3 is 2.56 bits per heavy atom. The van der Waals surface area contributed by atoms with E-state index in [1.165, 1.54) is 25.3 Å². The molecule has 1 atom stereocenters. The largest absolute Gasteiger partial charge is 0.495 e. The highest BCUT2D eigenvalue weighted by Crippen LogP contribution is 2.23. The standard InChI is InChI=1S/C19H17ClN2O5/c1-3-13(18(24)25)21-15-10-11(20)8-9-12(15)17(23)22(19(21)26)14-6-4-5-7-16(14)27-2/h4-10,13H,3H2,1-2H3,(H,24,25). The molecule has 2 aromatic carbocycles. The molecule has 3 aromatic rings. The van der Waals surface area contributed by atoms with Crippen molar-refractivity contribution < 1.29 is 14.6 Å². The number of fused-ring (bicyclic) bond motifs is 1. The zero-order valence-corrected chi connectivity index (χ0v) is 15.4. The van der Waals surface area contributed by atoms with Crippen molar-refractivity contribution in [1.29, 1.82) is 0 Å². The molecule has 0 saturated heterocycles. The van der Waals surface area contributed by atoms with Gasteiger partial charge in [0.2, 0.25) is 0 Å². The lowest BCUT2D eigenvalue weighted by Crippen LogP contribution is -2.42. The van der Waals surface area contributed by atoms with Gasteiger partial charge < -0.3 is 9.84 Å². The van der Waals surface area contributed by atoms with Gasteiger partial charge in [-0.2, -0.15) is 0 Å². The number of nitrogens with zero attached hydrogens (tertiary/aromatic N) is 2. The van der Waals surface area contributed by atoms with E-state index in [9.17, 15) is 19.5 Å². The summed E-state index contributed by atoms with van der Waals surface area (Å²) in [4.78, 5) is 38.1. The molecule has 0 radical (unpaired) electrons. The van der Waals surface area contributed by atoms with E-state index in [1.54, 1.807) is 31.2 Å². The van der Waals surface area contributed by atoms with Gasteiger partial charge in [-0.3, -0.25) is 9.36 Å². The van der Waals surface area contributed by atoms with E-state index in [1.807, 2.05) is 0 Å². The normalized spacial score (nSPS) is 12.1. The van der Waals surface area contributed by atoms with Crippen molar-refractivity contribution in [2.45, 2.75) is 19.4 Å². The van der Waals surface area contributed by atoms with E-state index in [-0.39, 0.29) is 23.0 Å². The number of aromatic nitrogens is 2. The summed E-state index contributed by atoms with van der Waals surface area (Å²) >= 11 is 6.04. The number of benzene rings is 2. The number of hydrogen-bond acceptors (Lipinski definition) is 4. The number of carboxylic acids is 1. The molecule has 0 saturated carbocycles. The van der Waals surface area contributed by atoms with Gasteiger partial charge in [-0.1, -0.05) is 30.7 Å². The Hall–Kier alpha value is -3.06. The van der Waals surface area contributed by atoms with Crippen molar-refractivity contribution in [3.8, 4) is 11.4 Å². The van der Waals surface area contributed by atoms with Crippen molar-refractivity contribution in [3.05, 3.63) is 68.3 Å². The van der Waals surface area contributed by atoms with E-state index in [4.69, 9.17) is 16.3 Å². The number of para-hydroxylation sites is 2. The molecule has 0 fully saturated rings. The van der Waals surface area contributed by atoms with Crippen LogP contribution in [-0.2, 0) is 4.79 Å². The van der Waals surface area contributed by atoms with E-state index in [0.717, 1.165) is 9.13 Å². The first kappa shape index (κ1) is 18.7. The second-order valence-corrected chi connectivity index (χ2v) is 6.33. The van der Waals surface area contributed by atoms with Crippen LogP contribution in [0.15, 0.2) is 52.1 Å². The lowest BCUT2D eigenvalue weighted by atomic mass is 10.1. The van der Waals surface area contributed by atoms with Crippen LogP contribution in [-0.4, -0.2) is 27.3 Å². The average Bonchev–Trinajstić information content (AvgIpc) is 2.65. The van der Waals surface area contributed by atoms with Crippen LogP contribution in [0.3, 0.4) is 0 Å². The van der Waals surface area contributed by atoms with Gasteiger partial charge in [-0.05, 0) is 36.8 Å². The average molecular weight is 389 g/mol. The SMILES string of the molecule is CCC(C(=O)O)n1c(=O)n(-c2ccccc2OC)c(=O)c2ccc(Cl)cc21. The zero-order valence-electron chi connectivity index (χ0n) is 14.7. The number of methoxy groups -OCH3 is 1. The molecule has 0 aliphatic heterocycles. The van der Waals surface area contributed by atoms with Crippen LogP contribution in [0.1, 0.15) is 19.4 Å². The molecule has 3 rings (SSSR count). The van der Waals surface area contributed by atoms with Gasteiger partial charge in [0, 0.05) is 5.02 Å². The maximum absolute atomic E-state index is 13.3. The van der Waals surface area contributed by atoms with Gasteiger partial charge in [0.15, 0.2) is 0 Å². The first-order valence-electron chi connectivity index (χ1n) is 8.23. The zero-order chi connectivity index (χ0) is 19.7. The van der Waals surface area contributed by atoms with Crippen molar-refractivity contribution in [1.82, 2.24) is 9.13 Å². The van der Waals surface area contributed by atoms with Gasteiger partial charge in [0.25, 0.3) is 5.56 Å². The molecule has 140 valence electrons. The summed E-state index contributed by atoms with van der Waals surface area (Å²) in [7, 11) is 1.43. The van der Waals surface area contributed by atoms with Crippen molar-refractivity contribution in [2.24, 2.45) is 0 Å². The van der Waals surface area contributed by atoms with E-state index >= 15 is 0 Å². The number of halogens is 1. The topological polar surface area (TPSA) is 90.5 Å². The first-order valence-corrected chi connectivity index (χ1v) is 8.61. The second kappa shape index (κ2) is 7.28. The highest BCUT2D eigenvalue weighted by atomic mass is 35.5. The lowest BCUT2D eigenvalue weighted by molar-refractivity contribution is -0.141. The Morgan fingerprint density at radius 1 is 1.22 bits per heavy atom. The molecule has 1 aromatic heterocycles. The fourth-order valence-electron chi connectivity index (χ4n) is 3.10. The molecule has 27 heavy (non-hydrogen) atoms. The first-order chi connectivity index (χ1) is 12.9. The monoisotopic (exact) mass is 388 g/mol. The number of carboxylic acid groups (broad SMARTS) is 1. The Kier molecular flexibility index (Phi) is 5.05. The Morgan fingerprint density at radius 2 is 1.93 bits per heavy atom. The van der Waals surface area contributed by atoms with E-state index in [0.29, 0.717) is 10.8 Å². The van der Waals surface area contributed by atoms with Crippen LogP contribution in [0.2, 0.25) is 5.02 Å². The third-order valence-electron chi connectivity index (χ3n) is 4.36. The summed E-state index contributed by atoms with van der Waals surface area (Å²) in [5.41, 5.74) is -0.931. The molecule has 0 aliphatic carbocycles. The molecule has 8 heteroatoms. The smallest absolute Gasteiger partial charge is 0.337 e. The van der Waals surface area contributed by atoms with Crippen LogP contribution < -0.4 is 16.0 Å². The minimum Gasteiger partial charge on any atom is -0.495 e. The van der Waals surface area contributed by atoms with Crippen LogP contribution in [0.5, 0.6) is 5.75 Å². The number of carbonyl (C=O) groups is 1. The summed E-state index contributed by atoms with van der Waals surface area (Å²) in [5.74, 6) is -0.856. The summed E-state index contributed by atoms with van der Waals surface area (Å²) < 4.78 is 7.30. The summed E-state index contributed by atoms with van der Waals surface area (Å²) in [5, 5.41) is 10.1. The molecule has 0 aliphatic rings. The van der Waals surface area contributed by atoms with Gasteiger partial charge >= 0.3 is 11.7 Å². The minimum absolute atomic E-state index is 0.154. The highest BCUT2D eigenvalue weighted by Gasteiger charge is 2.25. The molecule has 1 unspecified atom stereocenters. The Balaban J connectivity index is 2.54. The minimum atomic E-state index is -1.17. The van der Waals surface area contributed by atoms with Gasteiger partial charge in [-0.25, -0.2) is 14.2 Å². The number of aliphatic carboxylic acids is 1. The highest BCUT2D eigenvalue weighted by molar-refractivity contribution is 6.31. The molecular weight excluding hydrogens is 372 g/mol. The molecule has 0 bridgehead atoms. The maximum atomic E-state index is 13.3. The molecular formula is C19H17ClN2O5. The Labute approximate surface area is 159 Å². The molecule has 0 amide bonds. The predicted octanol–water partition coefficient (Wildman–Crippen LogP) is 2.85. The third kappa shape index (κ3) is 3.10. The van der Waals surface area contributed by atoms with Crippen molar-refractivity contribution in [2.75, 3.05) is 7.11 Å². The summed E-state index contributed by atoms with van der Waals surface area (Å²) in [6.45, 7) is 1.65. The fourth-order valence-corrected chi connectivity index (χ4v) is 3.27. The predicted molar refractivity (Wildman–Crippen MR) is 102 cm³/mol. The van der Waals surface area contributed by atoms with E-state index < -0.39 is 23.3 Å². The maximum Gasteiger partial charge on any atom is 0.337 e. The molecule has 1 heterocycles. The molecule has 0 spiro atoms. The number of hydrogen-bond donors (Lipinski definition) is 1. The van der Waals surface area contributed by atoms with Crippen molar-refractivity contribution in [3.63, 3.8) is 0 Å². The van der Waals surface area contributed by atoms with Gasteiger partial charge in [-0.15, -0.1) is 0 Å². The van der Waals surface area contributed by atoms with Crippen LogP contribution in [0.4, 0.5) is 0 Å². The summed E-state index contributed by atoms with van der Waals surface area (Å²) in [6.07, 6.45) is 0.154. The van der Waals surface area contributed by atoms with Crippen LogP contribution in [0, 0.1) is 0 Å². The number of ether oxygens (including phenoxy) is 1. The molecule has 7 nitrogen and oxygen atoms in total. The lowest BCUT2D eigenvalue weighted by Gasteiger charge is -2.19. The number of rotatable bonds is 5. The van der Waals surface area contributed by atoms with Crippen LogP contribution >= 0.6 is 11.6 Å².